The minimum absolute atomic E-state index is 0.0652. The molecule has 2 N–H and O–H groups in total. The molecule has 1 aromatic rings. The van der Waals surface area contributed by atoms with Gasteiger partial charge in [0.1, 0.15) is 6.04 Å². The van der Waals surface area contributed by atoms with Crippen LogP contribution < -0.4 is 10.6 Å². The van der Waals surface area contributed by atoms with Gasteiger partial charge < -0.3 is 10.6 Å². The molecule has 1 saturated heterocycles. The number of amides is 2. The van der Waals surface area contributed by atoms with Crippen molar-refractivity contribution in [3.05, 3.63) is 35.9 Å². The van der Waals surface area contributed by atoms with Gasteiger partial charge in [-0.15, -0.1) is 0 Å². The third-order valence-corrected chi connectivity index (χ3v) is 4.21. The minimum Gasteiger partial charge on any atom is -0.354 e. The summed E-state index contributed by atoms with van der Waals surface area (Å²) >= 11 is 0. The van der Waals surface area contributed by atoms with Gasteiger partial charge in [-0.25, -0.2) is 0 Å². The molecule has 0 aromatic heterocycles. The van der Waals surface area contributed by atoms with E-state index in [0.29, 0.717) is 6.54 Å². The molecule has 0 aliphatic carbocycles. The molecule has 120 valence electrons. The largest absolute Gasteiger partial charge is 0.354 e. The first-order chi connectivity index (χ1) is 10.6. The molecule has 1 aliphatic heterocycles. The predicted molar refractivity (Wildman–Crippen MR) is 86.3 cm³/mol. The van der Waals surface area contributed by atoms with Gasteiger partial charge in [0.15, 0.2) is 0 Å². The van der Waals surface area contributed by atoms with Gasteiger partial charge in [0.25, 0.3) is 0 Å². The van der Waals surface area contributed by atoms with Gasteiger partial charge in [0.2, 0.25) is 11.8 Å². The van der Waals surface area contributed by atoms with Gasteiger partial charge in [0.05, 0.1) is 6.54 Å². The van der Waals surface area contributed by atoms with E-state index in [1.54, 1.807) is 0 Å². The standard InChI is InChI=1S/C17H25N3O2/c1-13(14-8-4-3-5-9-14)20(2)12-16(21)19-15-10-6-7-11-18-17(15)22/h3-5,8-9,13,15H,6-7,10-12H2,1-2H3,(H,18,22)(H,19,21)/t13-,15-/m1/s1. The number of hydrogen-bond donors (Lipinski definition) is 2. The van der Waals surface area contributed by atoms with Crippen molar-refractivity contribution in [2.24, 2.45) is 0 Å². The molecule has 1 aliphatic rings. The molecular weight excluding hydrogens is 278 g/mol. The number of nitrogens with zero attached hydrogens (tertiary/aromatic N) is 1. The average Bonchev–Trinajstić information content (AvgIpc) is 2.72. The van der Waals surface area contributed by atoms with Crippen molar-refractivity contribution in [3.8, 4) is 0 Å². The van der Waals surface area contributed by atoms with Crippen LogP contribution in [0.1, 0.15) is 37.8 Å². The van der Waals surface area contributed by atoms with Crippen molar-refractivity contribution in [2.45, 2.75) is 38.3 Å². The molecule has 1 heterocycles. The van der Waals surface area contributed by atoms with Gasteiger partial charge in [0, 0.05) is 12.6 Å². The third-order valence-electron chi connectivity index (χ3n) is 4.21. The molecule has 2 amide bonds. The summed E-state index contributed by atoms with van der Waals surface area (Å²) < 4.78 is 0. The van der Waals surface area contributed by atoms with Crippen LogP contribution in [0.25, 0.3) is 0 Å². The number of carbonyl (C=O) groups is 2. The fourth-order valence-corrected chi connectivity index (χ4v) is 2.67. The Morgan fingerprint density at radius 1 is 1.36 bits per heavy atom. The maximum atomic E-state index is 12.2. The molecule has 2 rings (SSSR count). The normalized spacial score (nSPS) is 20.1. The lowest BCUT2D eigenvalue weighted by molar-refractivity contribution is -0.129. The van der Waals surface area contributed by atoms with E-state index in [1.807, 2.05) is 30.1 Å². The zero-order valence-electron chi connectivity index (χ0n) is 13.3. The molecule has 0 unspecified atom stereocenters. The topological polar surface area (TPSA) is 61.4 Å². The van der Waals surface area contributed by atoms with Crippen LogP contribution in [-0.2, 0) is 9.59 Å². The Morgan fingerprint density at radius 3 is 2.82 bits per heavy atom. The highest BCUT2D eigenvalue weighted by Crippen LogP contribution is 2.17. The Labute approximate surface area is 132 Å². The highest BCUT2D eigenvalue weighted by molar-refractivity contribution is 5.88. The molecule has 5 heteroatoms. The molecule has 1 aromatic carbocycles. The van der Waals surface area contributed by atoms with Crippen molar-refractivity contribution < 1.29 is 9.59 Å². The second kappa shape index (κ2) is 7.94. The molecule has 22 heavy (non-hydrogen) atoms. The Balaban J connectivity index is 1.86. The van der Waals surface area contributed by atoms with Crippen LogP contribution in [0, 0.1) is 0 Å². The molecule has 2 atom stereocenters. The first-order valence-electron chi connectivity index (χ1n) is 7.90. The quantitative estimate of drug-likeness (QED) is 0.866. The van der Waals surface area contributed by atoms with E-state index >= 15 is 0 Å². The maximum absolute atomic E-state index is 12.2. The van der Waals surface area contributed by atoms with Crippen LogP contribution in [0.3, 0.4) is 0 Å². The zero-order valence-corrected chi connectivity index (χ0v) is 13.3. The third kappa shape index (κ3) is 4.56. The van der Waals surface area contributed by atoms with Crippen molar-refractivity contribution in [3.63, 3.8) is 0 Å². The Bertz CT molecular complexity index is 504. The molecule has 0 spiro atoms. The summed E-state index contributed by atoms with van der Waals surface area (Å²) in [5, 5.41) is 5.69. The van der Waals surface area contributed by atoms with Crippen LogP contribution in [0.4, 0.5) is 0 Å². The SMILES string of the molecule is C[C@H](c1ccccc1)N(C)CC(=O)N[C@@H]1CCCCNC1=O. The molecule has 0 bridgehead atoms. The van der Waals surface area contributed by atoms with E-state index in [9.17, 15) is 9.59 Å². The van der Waals surface area contributed by atoms with Crippen LogP contribution in [0.15, 0.2) is 30.3 Å². The van der Waals surface area contributed by atoms with Crippen molar-refractivity contribution in [2.75, 3.05) is 20.1 Å². The summed E-state index contributed by atoms with van der Waals surface area (Å²) in [6.45, 7) is 3.05. The summed E-state index contributed by atoms with van der Waals surface area (Å²) in [7, 11) is 1.92. The van der Waals surface area contributed by atoms with E-state index in [4.69, 9.17) is 0 Å². The number of benzene rings is 1. The predicted octanol–water partition coefficient (Wildman–Crippen LogP) is 1.46. The Morgan fingerprint density at radius 2 is 2.09 bits per heavy atom. The number of nitrogens with one attached hydrogen (secondary N) is 2. The summed E-state index contributed by atoms with van der Waals surface area (Å²) in [6, 6.07) is 9.83. The highest BCUT2D eigenvalue weighted by atomic mass is 16.2. The number of likely N-dealkylation sites (N-methyl/N-ethyl adjacent to an activating group) is 1. The van der Waals surface area contributed by atoms with Crippen LogP contribution >= 0.6 is 0 Å². The van der Waals surface area contributed by atoms with Gasteiger partial charge in [-0.3, -0.25) is 14.5 Å². The molecule has 0 saturated carbocycles. The van der Waals surface area contributed by atoms with E-state index in [-0.39, 0.29) is 24.4 Å². The average molecular weight is 303 g/mol. The van der Waals surface area contributed by atoms with Gasteiger partial charge in [-0.1, -0.05) is 30.3 Å². The molecule has 0 radical (unpaired) electrons. The van der Waals surface area contributed by atoms with Gasteiger partial charge >= 0.3 is 0 Å². The zero-order chi connectivity index (χ0) is 15.9. The van der Waals surface area contributed by atoms with E-state index < -0.39 is 6.04 Å². The van der Waals surface area contributed by atoms with Crippen molar-refractivity contribution in [1.82, 2.24) is 15.5 Å². The number of carbonyl (C=O) groups excluding carboxylic acids is 2. The Hall–Kier alpha value is -1.88. The lowest BCUT2D eigenvalue weighted by atomic mass is 10.1. The number of hydrogen-bond acceptors (Lipinski definition) is 3. The summed E-state index contributed by atoms with van der Waals surface area (Å²) in [5.41, 5.74) is 1.17. The Kier molecular flexibility index (Phi) is 5.95. The van der Waals surface area contributed by atoms with Gasteiger partial charge in [-0.05, 0) is 38.8 Å². The monoisotopic (exact) mass is 303 g/mol. The summed E-state index contributed by atoms with van der Waals surface area (Å²) in [5.74, 6) is -0.169. The van der Waals surface area contributed by atoms with Crippen LogP contribution in [-0.4, -0.2) is 42.9 Å². The second-order valence-corrected chi connectivity index (χ2v) is 5.91. The van der Waals surface area contributed by atoms with E-state index in [0.717, 1.165) is 19.3 Å². The lowest BCUT2D eigenvalue weighted by Crippen LogP contribution is -2.48. The fraction of sp³-hybridized carbons (Fsp3) is 0.529. The first-order valence-corrected chi connectivity index (χ1v) is 7.90. The number of rotatable bonds is 5. The van der Waals surface area contributed by atoms with Crippen LogP contribution in [0.5, 0.6) is 0 Å². The molecule has 5 nitrogen and oxygen atoms in total. The molecule has 1 fully saturated rings. The summed E-state index contributed by atoms with van der Waals surface area (Å²) in [4.78, 5) is 26.0. The first kappa shape index (κ1) is 16.5. The fourth-order valence-electron chi connectivity index (χ4n) is 2.67. The highest BCUT2D eigenvalue weighted by Gasteiger charge is 2.23. The van der Waals surface area contributed by atoms with Crippen molar-refractivity contribution >= 4 is 11.8 Å². The van der Waals surface area contributed by atoms with E-state index in [2.05, 4.69) is 29.7 Å². The lowest BCUT2D eigenvalue weighted by Gasteiger charge is -2.25. The second-order valence-electron chi connectivity index (χ2n) is 5.91. The van der Waals surface area contributed by atoms with E-state index in [1.165, 1.54) is 5.56 Å². The molecular formula is C17H25N3O2. The smallest absolute Gasteiger partial charge is 0.242 e. The van der Waals surface area contributed by atoms with Gasteiger partial charge in [-0.2, -0.15) is 0 Å². The van der Waals surface area contributed by atoms with Crippen LogP contribution in [0.2, 0.25) is 0 Å². The summed E-state index contributed by atoms with van der Waals surface area (Å²) in [6.07, 6.45) is 2.65. The maximum Gasteiger partial charge on any atom is 0.242 e. The minimum atomic E-state index is -0.393. The van der Waals surface area contributed by atoms with Crippen molar-refractivity contribution in [1.29, 1.82) is 0 Å².